The van der Waals surface area contributed by atoms with Crippen molar-refractivity contribution in [2.75, 3.05) is 6.61 Å². The third-order valence-corrected chi connectivity index (χ3v) is 3.24. The molecule has 90 valence electrons. The first-order valence-corrected chi connectivity index (χ1v) is 5.80. The lowest BCUT2D eigenvalue weighted by Gasteiger charge is -2.32. The minimum absolute atomic E-state index is 0. The summed E-state index contributed by atoms with van der Waals surface area (Å²) in [6.45, 7) is 2.71. The van der Waals surface area contributed by atoms with Crippen LogP contribution in [0, 0.1) is 5.92 Å². The summed E-state index contributed by atoms with van der Waals surface area (Å²) in [5.74, 6) is 1.62. The second kappa shape index (κ2) is 6.12. The first-order valence-electron chi connectivity index (χ1n) is 5.80. The molecule has 0 aromatic heterocycles. The summed E-state index contributed by atoms with van der Waals surface area (Å²) in [5.41, 5.74) is 7.42. The lowest BCUT2D eigenvalue weighted by molar-refractivity contribution is 0.256. The molecule has 1 aromatic carbocycles. The second-order valence-electron chi connectivity index (χ2n) is 4.19. The highest BCUT2D eigenvalue weighted by molar-refractivity contribution is 5.85. The van der Waals surface area contributed by atoms with Gasteiger partial charge in [0.15, 0.2) is 0 Å². The Morgan fingerprint density at radius 1 is 1.38 bits per heavy atom. The van der Waals surface area contributed by atoms with E-state index in [0.717, 1.165) is 5.75 Å². The molecule has 0 bridgehead atoms. The van der Waals surface area contributed by atoms with Gasteiger partial charge in [0.25, 0.3) is 0 Å². The van der Waals surface area contributed by atoms with Crippen LogP contribution in [0.2, 0.25) is 0 Å². The van der Waals surface area contributed by atoms with Crippen molar-refractivity contribution in [3.63, 3.8) is 0 Å². The molecule has 3 heteroatoms. The number of hydrogen-bond acceptors (Lipinski definition) is 2. The van der Waals surface area contributed by atoms with Crippen LogP contribution in [0.25, 0.3) is 0 Å². The van der Waals surface area contributed by atoms with E-state index in [9.17, 15) is 0 Å². The molecule has 1 saturated carbocycles. The van der Waals surface area contributed by atoms with Crippen molar-refractivity contribution in [1.82, 2.24) is 0 Å². The molecule has 2 nitrogen and oxygen atoms in total. The van der Waals surface area contributed by atoms with Crippen molar-refractivity contribution in [3.8, 4) is 5.75 Å². The van der Waals surface area contributed by atoms with E-state index in [0.29, 0.717) is 12.5 Å². The molecule has 0 spiro atoms. The Kier molecular flexibility index (Phi) is 5.10. The zero-order valence-corrected chi connectivity index (χ0v) is 10.5. The monoisotopic (exact) mass is 241 g/mol. The summed E-state index contributed by atoms with van der Waals surface area (Å²) in [5, 5.41) is 0. The van der Waals surface area contributed by atoms with Gasteiger partial charge in [-0.15, -0.1) is 12.4 Å². The van der Waals surface area contributed by atoms with E-state index in [4.69, 9.17) is 10.5 Å². The Hall–Kier alpha value is -0.730. The quantitative estimate of drug-likeness (QED) is 0.878. The van der Waals surface area contributed by atoms with Crippen molar-refractivity contribution in [2.24, 2.45) is 11.7 Å². The molecule has 0 amide bonds. The average Bonchev–Trinajstić information content (AvgIpc) is 2.16. The Bertz CT molecular complexity index is 325. The molecule has 1 atom stereocenters. The lowest BCUT2D eigenvalue weighted by Crippen LogP contribution is -2.27. The van der Waals surface area contributed by atoms with Crippen LogP contribution in [0.15, 0.2) is 24.3 Å². The van der Waals surface area contributed by atoms with Crippen LogP contribution < -0.4 is 10.5 Å². The van der Waals surface area contributed by atoms with E-state index < -0.39 is 0 Å². The Labute approximate surface area is 104 Å². The molecule has 0 unspecified atom stereocenters. The smallest absolute Gasteiger partial charge is 0.124 e. The van der Waals surface area contributed by atoms with Crippen molar-refractivity contribution < 1.29 is 4.74 Å². The highest BCUT2D eigenvalue weighted by Crippen LogP contribution is 2.38. The summed E-state index contributed by atoms with van der Waals surface area (Å²) in [7, 11) is 0. The third-order valence-electron chi connectivity index (χ3n) is 3.24. The van der Waals surface area contributed by atoms with Crippen LogP contribution in [-0.2, 0) is 0 Å². The van der Waals surface area contributed by atoms with Gasteiger partial charge < -0.3 is 10.5 Å². The Balaban J connectivity index is 0.00000128. The third kappa shape index (κ3) is 2.69. The maximum absolute atomic E-state index is 6.25. The summed E-state index contributed by atoms with van der Waals surface area (Å²) in [6, 6.07) is 8.30. The Morgan fingerprint density at radius 3 is 2.62 bits per heavy atom. The standard InChI is InChI=1S/C13H19NO.ClH/c1-2-15-12-9-4-3-8-11(12)13(14)10-6-5-7-10;/h3-4,8-10,13H,2,5-7,14H2,1H3;1H/t13-;/m1./s1. The minimum atomic E-state index is 0. The summed E-state index contributed by atoms with van der Waals surface area (Å²) < 4.78 is 5.60. The number of rotatable bonds is 4. The van der Waals surface area contributed by atoms with Gasteiger partial charge in [0.2, 0.25) is 0 Å². The van der Waals surface area contributed by atoms with E-state index in [-0.39, 0.29) is 18.4 Å². The van der Waals surface area contributed by atoms with Gasteiger partial charge in [-0.1, -0.05) is 24.6 Å². The first-order chi connectivity index (χ1) is 7.33. The topological polar surface area (TPSA) is 35.2 Å². The maximum atomic E-state index is 6.25. The molecule has 2 rings (SSSR count). The molecule has 0 radical (unpaired) electrons. The van der Waals surface area contributed by atoms with Crippen LogP contribution in [0.4, 0.5) is 0 Å². The summed E-state index contributed by atoms with van der Waals surface area (Å²) >= 11 is 0. The van der Waals surface area contributed by atoms with Crippen molar-refractivity contribution in [3.05, 3.63) is 29.8 Å². The predicted molar refractivity (Wildman–Crippen MR) is 69.1 cm³/mol. The molecule has 1 aliphatic carbocycles. The van der Waals surface area contributed by atoms with Gasteiger partial charge in [-0.05, 0) is 31.7 Å². The molecule has 0 saturated heterocycles. The highest BCUT2D eigenvalue weighted by Gasteiger charge is 2.27. The molecule has 2 N–H and O–H groups in total. The molecular formula is C13H20ClNO. The van der Waals surface area contributed by atoms with Crippen LogP contribution in [-0.4, -0.2) is 6.61 Å². The van der Waals surface area contributed by atoms with Crippen molar-refractivity contribution >= 4 is 12.4 Å². The van der Waals surface area contributed by atoms with Crippen LogP contribution in [0.3, 0.4) is 0 Å². The van der Waals surface area contributed by atoms with Gasteiger partial charge >= 0.3 is 0 Å². The normalized spacial score (nSPS) is 17.1. The molecular weight excluding hydrogens is 222 g/mol. The van der Waals surface area contributed by atoms with Gasteiger partial charge in [0.05, 0.1) is 6.61 Å². The van der Waals surface area contributed by atoms with Crippen LogP contribution >= 0.6 is 12.4 Å². The molecule has 0 aliphatic heterocycles. The fourth-order valence-corrected chi connectivity index (χ4v) is 2.10. The molecule has 1 fully saturated rings. The van der Waals surface area contributed by atoms with Gasteiger partial charge in [0.1, 0.15) is 5.75 Å². The minimum Gasteiger partial charge on any atom is -0.494 e. The second-order valence-corrected chi connectivity index (χ2v) is 4.19. The molecule has 1 aromatic rings. The van der Waals surface area contributed by atoms with Crippen molar-refractivity contribution in [1.29, 1.82) is 0 Å². The van der Waals surface area contributed by atoms with Gasteiger partial charge in [0, 0.05) is 11.6 Å². The van der Waals surface area contributed by atoms with Gasteiger partial charge in [-0.3, -0.25) is 0 Å². The largest absolute Gasteiger partial charge is 0.494 e. The highest BCUT2D eigenvalue weighted by atomic mass is 35.5. The van der Waals surface area contributed by atoms with Gasteiger partial charge in [-0.2, -0.15) is 0 Å². The van der Waals surface area contributed by atoms with Crippen LogP contribution in [0.1, 0.15) is 37.8 Å². The summed E-state index contributed by atoms with van der Waals surface area (Å²) in [6.07, 6.45) is 3.86. The maximum Gasteiger partial charge on any atom is 0.124 e. The number of halogens is 1. The number of para-hydroxylation sites is 1. The number of hydrogen-bond donors (Lipinski definition) is 1. The summed E-state index contributed by atoms with van der Waals surface area (Å²) in [4.78, 5) is 0. The zero-order chi connectivity index (χ0) is 10.7. The van der Waals surface area contributed by atoms with Crippen LogP contribution in [0.5, 0.6) is 5.75 Å². The number of nitrogens with two attached hydrogens (primary N) is 1. The van der Waals surface area contributed by atoms with Crippen molar-refractivity contribution in [2.45, 2.75) is 32.2 Å². The fraction of sp³-hybridized carbons (Fsp3) is 0.538. The first kappa shape index (κ1) is 13.3. The molecule has 16 heavy (non-hydrogen) atoms. The van der Waals surface area contributed by atoms with E-state index in [1.54, 1.807) is 0 Å². The van der Waals surface area contributed by atoms with E-state index >= 15 is 0 Å². The van der Waals surface area contributed by atoms with Gasteiger partial charge in [-0.25, -0.2) is 0 Å². The SMILES string of the molecule is CCOc1ccccc1[C@H](N)C1CCC1.Cl. The zero-order valence-electron chi connectivity index (χ0n) is 9.69. The molecule has 0 heterocycles. The van der Waals surface area contributed by atoms with E-state index in [2.05, 4.69) is 6.07 Å². The Morgan fingerprint density at radius 2 is 2.06 bits per heavy atom. The van der Waals surface area contributed by atoms with E-state index in [1.807, 2.05) is 25.1 Å². The predicted octanol–water partition coefficient (Wildman–Crippen LogP) is 3.31. The van der Waals surface area contributed by atoms with E-state index in [1.165, 1.54) is 24.8 Å². The number of ether oxygens (including phenoxy) is 1. The number of benzene rings is 1. The molecule has 1 aliphatic rings. The fourth-order valence-electron chi connectivity index (χ4n) is 2.10. The lowest BCUT2D eigenvalue weighted by atomic mass is 9.77. The average molecular weight is 242 g/mol.